The summed E-state index contributed by atoms with van der Waals surface area (Å²) in [6, 6.07) is 12.1. The fourth-order valence-electron chi connectivity index (χ4n) is 2.19. The normalized spacial score (nSPS) is 11.2. The van der Waals surface area contributed by atoms with Crippen LogP contribution in [0.5, 0.6) is 0 Å². The second kappa shape index (κ2) is 3.84. The second-order valence-corrected chi connectivity index (χ2v) is 5.34. The lowest BCUT2D eigenvalue weighted by atomic mass is 10.1. The molecule has 0 spiro atoms. The van der Waals surface area contributed by atoms with Crippen LogP contribution in [-0.4, -0.2) is 10.8 Å². The Hall–Kier alpha value is -1.36. The Bertz CT molecular complexity index is 742. The molecule has 0 aliphatic rings. The van der Waals surface area contributed by atoms with Crippen molar-refractivity contribution in [1.82, 2.24) is 4.98 Å². The molecule has 84 valence electrons. The summed E-state index contributed by atoms with van der Waals surface area (Å²) < 4.78 is 1.20. The van der Waals surface area contributed by atoms with E-state index in [1.165, 1.54) is 8.96 Å². The minimum absolute atomic E-state index is 0.0943. The highest BCUT2D eigenvalue weighted by molar-refractivity contribution is 14.1. The number of hydrogen-bond donors (Lipinski definition) is 1. The van der Waals surface area contributed by atoms with E-state index in [2.05, 4.69) is 51.8 Å². The summed E-state index contributed by atoms with van der Waals surface area (Å²) in [4.78, 5) is 14.9. The Morgan fingerprint density at radius 1 is 1.18 bits per heavy atom. The minimum atomic E-state index is 0.0943. The van der Waals surface area contributed by atoms with Crippen molar-refractivity contribution in [2.24, 2.45) is 0 Å². The third-order valence-corrected chi connectivity index (χ3v) is 3.65. The molecule has 1 heterocycles. The van der Waals surface area contributed by atoms with Crippen molar-refractivity contribution < 1.29 is 4.79 Å². The number of Topliss-reactive ketones (excluding diaryl/α,β-unsaturated/α-hetero) is 1. The number of hydrogen-bond acceptors (Lipinski definition) is 1. The van der Waals surface area contributed by atoms with Crippen LogP contribution in [0.25, 0.3) is 21.8 Å². The van der Waals surface area contributed by atoms with E-state index in [0.717, 1.165) is 22.0 Å². The van der Waals surface area contributed by atoms with Crippen LogP contribution >= 0.6 is 22.6 Å². The first-order valence-electron chi connectivity index (χ1n) is 5.38. The molecule has 0 unspecified atom stereocenters. The van der Waals surface area contributed by atoms with Crippen molar-refractivity contribution in [1.29, 1.82) is 0 Å². The molecule has 0 fully saturated rings. The Balaban J connectivity index is 2.51. The first kappa shape index (κ1) is 10.8. The van der Waals surface area contributed by atoms with Gasteiger partial charge >= 0.3 is 0 Å². The number of para-hydroxylation sites is 1. The Morgan fingerprint density at radius 2 is 2.00 bits per heavy atom. The molecule has 0 atom stereocenters. The molecule has 1 aromatic heterocycles. The van der Waals surface area contributed by atoms with Crippen LogP contribution in [0.3, 0.4) is 0 Å². The number of fused-ring (bicyclic) bond motifs is 3. The van der Waals surface area contributed by atoms with Gasteiger partial charge in [0.15, 0.2) is 5.78 Å². The molecule has 0 saturated heterocycles. The van der Waals surface area contributed by atoms with E-state index >= 15 is 0 Å². The van der Waals surface area contributed by atoms with E-state index in [9.17, 15) is 4.79 Å². The summed E-state index contributed by atoms with van der Waals surface area (Å²) in [5, 5.41) is 2.29. The number of nitrogens with one attached hydrogen (secondary N) is 1. The predicted molar refractivity (Wildman–Crippen MR) is 78.5 cm³/mol. The Kier molecular flexibility index (Phi) is 2.43. The van der Waals surface area contributed by atoms with Crippen molar-refractivity contribution in [3.05, 3.63) is 45.5 Å². The first-order chi connectivity index (χ1) is 8.16. The number of aromatic amines is 1. The number of carbonyl (C=O) groups excluding carboxylic acids is 1. The van der Waals surface area contributed by atoms with Crippen LogP contribution in [0.4, 0.5) is 0 Å². The topological polar surface area (TPSA) is 32.9 Å². The van der Waals surface area contributed by atoms with Crippen LogP contribution in [0.2, 0.25) is 0 Å². The average Bonchev–Trinajstić information content (AvgIpc) is 2.66. The van der Waals surface area contributed by atoms with Gasteiger partial charge in [-0.05, 0) is 53.8 Å². The zero-order chi connectivity index (χ0) is 12.0. The summed E-state index contributed by atoms with van der Waals surface area (Å²) in [6.07, 6.45) is 0. The van der Waals surface area contributed by atoms with Crippen LogP contribution in [0.15, 0.2) is 36.4 Å². The molecule has 1 N–H and O–H groups in total. The molecule has 0 bridgehead atoms. The molecule has 17 heavy (non-hydrogen) atoms. The van der Waals surface area contributed by atoms with Crippen molar-refractivity contribution in [2.75, 3.05) is 0 Å². The summed E-state index contributed by atoms with van der Waals surface area (Å²) >= 11 is 2.30. The van der Waals surface area contributed by atoms with Gasteiger partial charge < -0.3 is 4.98 Å². The first-order valence-corrected chi connectivity index (χ1v) is 6.45. The molecule has 2 nitrogen and oxygen atoms in total. The van der Waals surface area contributed by atoms with Gasteiger partial charge in [0, 0.05) is 25.4 Å². The maximum atomic E-state index is 11.6. The standard InChI is InChI=1S/C14H10INO/c1-8(17)10-3-2-4-11-12-7-9(15)5-6-13(12)16-14(10)11/h2-7,16H,1H3. The van der Waals surface area contributed by atoms with Gasteiger partial charge in [0.2, 0.25) is 0 Å². The van der Waals surface area contributed by atoms with Crippen molar-refractivity contribution in [2.45, 2.75) is 6.92 Å². The van der Waals surface area contributed by atoms with Gasteiger partial charge in [-0.3, -0.25) is 4.79 Å². The molecule has 2 aromatic carbocycles. The summed E-state index contributed by atoms with van der Waals surface area (Å²) in [5.74, 6) is 0.0943. The molecule has 0 saturated carbocycles. The number of ketones is 1. The van der Waals surface area contributed by atoms with Gasteiger partial charge in [-0.1, -0.05) is 12.1 Å². The fourth-order valence-corrected chi connectivity index (χ4v) is 2.68. The summed E-state index contributed by atoms with van der Waals surface area (Å²) in [7, 11) is 0. The van der Waals surface area contributed by atoms with Gasteiger partial charge in [0.05, 0.1) is 5.52 Å². The maximum Gasteiger partial charge on any atom is 0.161 e. The van der Waals surface area contributed by atoms with Crippen molar-refractivity contribution >= 4 is 50.2 Å². The predicted octanol–water partition coefficient (Wildman–Crippen LogP) is 4.13. The number of carbonyl (C=O) groups is 1. The van der Waals surface area contributed by atoms with E-state index in [1.807, 2.05) is 12.1 Å². The quantitative estimate of drug-likeness (QED) is 0.526. The lowest BCUT2D eigenvalue weighted by molar-refractivity contribution is 0.101. The largest absolute Gasteiger partial charge is 0.354 e. The van der Waals surface area contributed by atoms with E-state index in [1.54, 1.807) is 6.92 Å². The summed E-state index contributed by atoms with van der Waals surface area (Å²) in [6.45, 7) is 1.60. The van der Waals surface area contributed by atoms with Crippen molar-refractivity contribution in [3.8, 4) is 0 Å². The molecule has 3 aromatic rings. The molecule has 3 rings (SSSR count). The van der Waals surface area contributed by atoms with Gasteiger partial charge in [-0.15, -0.1) is 0 Å². The molecule has 0 radical (unpaired) electrons. The van der Waals surface area contributed by atoms with Gasteiger partial charge in [-0.2, -0.15) is 0 Å². The van der Waals surface area contributed by atoms with Crippen LogP contribution in [-0.2, 0) is 0 Å². The zero-order valence-electron chi connectivity index (χ0n) is 9.25. The van der Waals surface area contributed by atoms with E-state index in [4.69, 9.17) is 0 Å². The number of halogens is 1. The Labute approximate surface area is 112 Å². The van der Waals surface area contributed by atoms with Crippen LogP contribution in [0.1, 0.15) is 17.3 Å². The number of H-pyrrole nitrogens is 1. The number of benzene rings is 2. The molecular weight excluding hydrogens is 325 g/mol. The molecule has 3 heteroatoms. The van der Waals surface area contributed by atoms with Gasteiger partial charge in [0.1, 0.15) is 0 Å². The lowest BCUT2D eigenvalue weighted by Crippen LogP contribution is -1.92. The third kappa shape index (κ3) is 1.65. The highest BCUT2D eigenvalue weighted by atomic mass is 127. The monoisotopic (exact) mass is 335 g/mol. The molecule has 0 aliphatic carbocycles. The smallest absolute Gasteiger partial charge is 0.161 e. The van der Waals surface area contributed by atoms with E-state index in [0.29, 0.717) is 0 Å². The van der Waals surface area contributed by atoms with Gasteiger partial charge in [0.25, 0.3) is 0 Å². The fraction of sp³-hybridized carbons (Fsp3) is 0.0714. The number of aromatic nitrogens is 1. The van der Waals surface area contributed by atoms with E-state index in [-0.39, 0.29) is 5.78 Å². The van der Waals surface area contributed by atoms with Crippen LogP contribution < -0.4 is 0 Å². The molecule has 0 aliphatic heterocycles. The molecule has 0 amide bonds. The number of rotatable bonds is 1. The molecular formula is C14H10INO. The second-order valence-electron chi connectivity index (χ2n) is 4.10. The van der Waals surface area contributed by atoms with Gasteiger partial charge in [-0.25, -0.2) is 0 Å². The van der Waals surface area contributed by atoms with Crippen molar-refractivity contribution in [3.63, 3.8) is 0 Å². The highest BCUT2D eigenvalue weighted by Crippen LogP contribution is 2.28. The third-order valence-electron chi connectivity index (χ3n) is 2.98. The zero-order valence-corrected chi connectivity index (χ0v) is 11.4. The minimum Gasteiger partial charge on any atom is -0.354 e. The summed E-state index contributed by atoms with van der Waals surface area (Å²) in [5.41, 5.74) is 2.78. The van der Waals surface area contributed by atoms with Crippen LogP contribution in [0, 0.1) is 3.57 Å². The van der Waals surface area contributed by atoms with E-state index < -0.39 is 0 Å². The maximum absolute atomic E-state index is 11.6. The lowest BCUT2D eigenvalue weighted by Gasteiger charge is -1.97. The average molecular weight is 335 g/mol. The highest BCUT2D eigenvalue weighted by Gasteiger charge is 2.10. The SMILES string of the molecule is CC(=O)c1cccc2c1[nH]c1ccc(I)cc12. The Morgan fingerprint density at radius 3 is 2.76 bits per heavy atom.